The molecule has 1 aromatic heterocycles. The van der Waals surface area contributed by atoms with Gasteiger partial charge in [-0.15, -0.1) is 10.2 Å². The number of nitrogens with zero attached hydrogens (tertiary/aromatic N) is 3. The molecular weight excluding hydrogens is 370 g/mol. The number of carbonyl (C=O) groups excluding carboxylic acids is 1. The van der Waals surface area contributed by atoms with E-state index in [1.165, 1.54) is 7.11 Å². The highest BCUT2D eigenvalue weighted by Crippen LogP contribution is 2.36. The first-order valence-electron chi connectivity index (χ1n) is 8.39. The summed E-state index contributed by atoms with van der Waals surface area (Å²) in [4.78, 5) is 14.1. The number of hydrogen-bond acceptors (Lipinski definition) is 7. The zero-order chi connectivity index (χ0) is 19.8. The summed E-state index contributed by atoms with van der Waals surface area (Å²) in [6.45, 7) is 1.49. The van der Waals surface area contributed by atoms with Crippen molar-refractivity contribution >= 4 is 29.0 Å². The van der Waals surface area contributed by atoms with Gasteiger partial charge in [0.15, 0.2) is 11.5 Å². The lowest BCUT2D eigenvalue weighted by Crippen LogP contribution is -2.28. The maximum atomic E-state index is 12.1. The second-order valence-electron chi connectivity index (χ2n) is 6.03. The normalized spacial score (nSPS) is 10.6. The number of methoxy groups -OCH3 is 2. The van der Waals surface area contributed by atoms with Gasteiger partial charge in [0.05, 0.1) is 24.9 Å². The highest BCUT2D eigenvalue weighted by atomic mass is 35.5. The van der Waals surface area contributed by atoms with Gasteiger partial charge in [-0.1, -0.05) is 11.6 Å². The van der Waals surface area contributed by atoms with Gasteiger partial charge in [0.25, 0.3) is 5.91 Å². The minimum Gasteiger partial charge on any atom is -0.495 e. The highest BCUT2D eigenvalue weighted by molar-refractivity contribution is 6.32. The van der Waals surface area contributed by atoms with E-state index in [1.54, 1.807) is 31.4 Å². The number of halogens is 1. The molecule has 0 spiro atoms. The number of aromatic nitrogens is 2. The van der Waals surface area contributed by atoms with Gasteiger partial charge in [-0.05, 0) is 39.2 Å². The maximum absolute atomic E-state index is 12.1. The van der Waals surface area contributed by atoms with Crippen LogP contribution in [0.4, 0.5) is 11.5 Å². The lowest BCUT2D eigenvalue weighted by Gasteiger charge is -2.13. The summed E-state index contributed by atoms with van der Waals surface area (Å²) in [5, 5.41) is 14.4. The summed E-state index contributed by atoms with van der Waals surface area (Å²) in [6, 6.07) is 6.62. The molecule has 1 aromatic carbocycles. The second-order valence-corrected chi connectivity index (χ2v) is 6.44. The molecule has 0 aliphatic rings. The first-order chi connectivity index (χ1) is 12.9. The van der Waals surface area contributed by atoms with Crippen LogP contribution in [0.3, 0.4) is 0 Å². The molecule has 1 amide bonds. The van der Waals surface area contributed by atoms with Crippen LogP contribution in [0.5, 0.6) is 11.5 Å². The topological polar surface area (TPSA) is 88.6 Å². The molecule has 1 heterocycles. The average Bonchev–Trinajstić information content (AvgIpc) is 2.66. The summed E-state index contributed by atoms with van der Waals surface area (Å²) in [7, 11) is 7.05. The molecule has 0 bridgehead atoms. The Labute approximate surface area is 163 Å². The summed E-state index contributed by atoms with van der Waals surface area (Å²) in [5.41, 5.74) is 0.875. The minimum atomic E-state index is -0.251. The van der Waals surface area contributed by atoms with Gasteiger partial charge >= 0.3 is 0 Å². The molecule has 0 radical (unpaired) electrons. The third-order valence-electron chi connectivity index (χ3n) is 3.70. The van der Waals surface area contributed by atoms with Gasteiger partial charge in [0.2, 0.25) is 0 Å². The summed E-state index contributed by atoms with van der Waals surface area (Å²) >= 11 is 6.10. The number of amides is 1. The molecule has 2 rings (SSSR count). The predicted molar refractivity (Wildman–Crippen MR) is 105 cm³/mol. The van der Waals surface area contributed by atoms with Gasteiger partial charge in [0, 0.05) is 18.7 Å². The van der Waals surface area contributed by atoms with Crippen LogP contribution in [0.15, 0.2) is 24.3 Å². The van der Waals surface area contributed by atoms with Crippen molar-refractivity contribution in [2.45, 2.75) is 6.42 Å². The second kappa shape index (κ2) is 9.94. The smallest absolute Gasteiger partial charge is 0.271 e. The molecule has 0 saturated carbocycles. The molecule has 146 valence electrons. The number of anilines is 2. The number of hydrogen-bond donors (Lipinski definition) is 2. The molecule has 2 aromatic rings. The number of nitrogens with one attached hydrogen (secondary N) is 2. The highest BCUT2D eigenvalue weighted by Gasteiger charge is 2.12. The van der Waals surface area contributed by atoms with E-state index >= 15 is 0 Å². The Bertz CT molecular complexity index is 768. The molecule has 0 aliphatic carbocycles. The maximum Gasteiger partial charge on any atom is 0.271 e. The van der Waals surface area contributed by atoms with Crippen molar-refractivity contribution in [1.82, 2.24) is 20.4 Å². The lowest BCUT2D eigenvalue weighted by molar-refractivity contribution is 0.0946. The molecule has 27 heavy (non-hydrogen) atoms. The first-order valence-corrected chi connectivity index (χ1v) is 8.77. The number of carbonyl (C=O) groups is 1. The number of ether oxygens (including phenoxy) is 2. The summed E-state index contributed by atoms with van der Waals surface area (Å²) < 4.78 is 10.5. The first kappa shape index (κ1) is 20.7. The van der Waals surface area contributed by atoms with Crippen LogP contribution < -0.4 is 20.1 Å². The fraction of sp³-hybridized carbons (Fsp3) is 0.389. The van der Waals surface area contributed by atoms with Crippen molar-refractivity contribution in [1.29, 1.82) is 0 Å². The van der Waals surface area contributed by atoms with Gasteiger partial charge in [-0.3, -0.25) is 4.79 Å². The molecular formula is C18H24ClN5O3. The van der Waals surface area contributed by atoms with E-state index in [0.29, 0.717) is 34.6 Å². The van der Waals surface area contributed by atoms with E-state index in [2.05, 4.69) is 25.7 Å². The van der Waals surface area contributed by atoms with Gasteiger partial charge in [-0.25, -0.2) is 0 Å². The number of rotatable bonds is 9. The molecule has 0 fully saturated rings. The van der Waals surface area contributed by atoms with Crippen LogP contribution in [-0.2, 0) is 0 Å². The molecule has 0 saturated heterocycles. The van der Waals surface area contributed by atoms with E-state index in [0.717, 1.165) is 13.0 Å². The van der Waals surface area contributed by atoms with Crippen LogP contribution >= 0.6 is 11.6 Å². The van der Waals surface area contributed by atoms with Gasteiger partial charge in [-0.2, -0.15) is 0 Å². The zero-order valence-corrected chi connectivity index (χ0v) is 16.6. The largest absolute Gasteiger partial charge is 0.495 e. The van der Waals surface area contributed by atoms with Crippen molar-refractivity contribution in [2.75, 3.05) is 46.7 Å². The molecule has 0 atom stereocenters. The Morgan fingerprint density at radius 2 is 1.89 bits per heavy atom. The third kappa shape index (κ3) is 5.97. The van der Waals surface area contributed by atoms with Crippen LogP contribution in [0.2, 0.25) is 5.02 Å². The fourth-order valence-electron chi connectivity index (χ4n) is 2.30. The van der Waals surface area contributed by atoms with Crippen molar-refractivity contribution in [3.63, 3.8) is 0 Å². The van der Waals surface area contributed by atoms with Crippen molar-refractivity contribution in [3.8, 4) is 11.5 Å². The quantitative estimate of drug-likeness (QED) is 0.633. The van der Waals surface area contributed by atoms with E-state index in [4.69, 9.17) is 21.1 Å². The molecule has 0 unspecified atom stereocenters. The molecule has 0 aliphatic heterocycles. The van der Waals surface area contributed by atoms with E-state index in [1.807, 2.05) is 14.1 Å². The Balaban J connectivity index is 2.02. The summed E-state index contributed by atoms with van der Waals surface area (Å²) in [5.74, 6) is 1.24. The molecule has 2 N–H and O–H groups in total. The minimum absolute atomic E-state index is 0.251. The van der Waals surface area contributed by atoms with Crippen LogP contribution in [0.1, 0.15) is 16.9 Å². The monoisotopic (exact) mass is 393 g/mol. The number of benzene rings is 1. The average molecular weight is 394 g/mol. The van der Waals surface area contributed by atoms with E-state index < -0.39 is 0 Å². The SMILES string of the molecule is COc1cc(Nc2ccc(C(=O)NCCCN(C)C)nn2)c(OC)cc1Cl. The third-order valence-corrected chi connectivity index (χ3v) is 4.00. The zero-order valence-electron chi connectivity index (χ0n) is 15.9. The standard InChI is InChI=1S/C18H24ClN5O3/c1-24(2)9-5-8-20-18(25)13-6-7-17(23-22-13)21-14-11-15(26-3)12(19)10-16(14)27-4/h6-7,10-11H,5,8-9H2,1-4H3,(H,20,25)(H,21,23). The predicted octanol–water partition coefficient (Wildman–Crippen LogP) is 2.57. The lowest BCUT2D eigenvalue weighted by atomic mass is 10.2. The van der Waals surface area contributed by atoms with Gasteiger partial charge in [0.1, 0.15) is 11.5 Å². The van der Waals surface area contributed by atoms with Crippen LogP contribution in [0, 0.1) is 0 Å². The van der Waals surface area contributed by atoms with Gasteiger partial charge < -0.3 is 25.0 Å². The molecule has 9 heteroatoms. The van der Waals surface area contributed by atoms with Crippen molar-refractivity contribution in [3.05, 3.63) is 35.0 Å². The Morgan fingerprint density at radius 3 is 2.48 bits per heavy atom. The fourth-order valence-corrected chi connectivity index (χ4v) is 2.53. The van der Waals surface area contributed by atoms with Crippen LogP contribution in [0.25, 0.3) is 0 Å². The van der Waals surface area contributed by atoms with Crippen molar-refractivity contribution < 1.29 is 14.3 Å². The summed E-state index contributed by atoms with van der Waals surface area (Å²) in [6.07, 6.45) is 0.865. The van der Waals surface area contributed by atoms with E-state index in [9.17, 15) is 4.79 Å². The van der Waals surface area contributed by atoms with Crippen LogP contribution in [-0.4, -0.2) is 62.4 Å². The van der Waals surface area contributed by atoms with Crippen molar-refractivity contribution in [2.24, 2.45) is 0 Å². The van der Waals surface area contributed by atoms with E-state index in [-0.39, 0.29) is 11.6 Å². The Kier molecular flexibility index (Phi) is 7.63. The Morgan fingerprint density at radius 1 is 1.15 bits per heavy atom. The molecule has 8 nitrogen and oxygen atoms in total. The Hall–Kier alpha value is -2.58.